The molecule has 0 heterocycles. The number of benzene rings is 1. The van der Waals surface area contributed by atoms with Crippen LogP contribution in [0.3, 0.4) is 0 Å². The maximum Gasteiger partial charge on any atom is 0.242 e. The molecule has 0 amide bonds. The van der Waals surface area contributed by atoms with Crippen molar-refractivity contribution in [1.29, 1.82) is 10.5 Å². The fourth-order valence-electron chi connectivity index (χ4n) is 0.781. The van der Waals surface area contributed by atoms with E-state index in [1.807, 2.05) is 0 Å². The SMILES string of the molecule is N#CC(C#N)N=Nc1c(F)cccc1F. The van der Waals surface area contributed by atoms with E-state index in [0.29, 0.717) is 0 Å². The predicted molar refractivity (Wildman–Crippen MR) is 45.9 cm³/mol. The number of rotatable bonds is 2. The van der Waals surface area contributed by atoms with Crippen LogP contribution in [0.15, 0.2) is 28.4 Å². The molecular formula is C9H4F2N4. The van der Waals surface area contributed by atoms with Crippen LogP contribution in [0.5, 0.6) is 0 Å². The van der Waals surface area contributed by atoms with Crippen molar-refractivity contribution in [2.24, 2.45) is 10.2 Å². The van der Waals surface area contributed by atoms with E-state index >= 15 is 0 Å². The molecule has 0 atom stereocenters. The minimum atomic E-state index is -1.36. The molecule has 1 aromatic rings. The second-order valence-corrected chi connectivity index (χ2v) is 2.45. The second-order valence-electron chi connectivity index (χ2n) is 2.45. The third kappa shape index (κ3) is 2.55. The summed E-state index contributed by atoms with van der Waals surface area (Å²) in [5.41, 5.74) is -0.604. The van der Waals surface area contributed by atoms with Gasteiger partial charge in [0.1, 0.15) is 12.1 Å². The molecule has 0 bridgehead atoms. The Balaban J connectivity index is 3.01. The molecule has 0 aliphatic heterocycles. The van der Waals surface area contributed by atoms with Crippen molar-refractivity contribution < 1.29 is 8.78 Å². The maximum atomic E-state index is 12.9. The van der Waals surface area contributed by atoms with Gasteiger partial charge in [0.15, 0.2) is 17.3 Å². The van der Waals surface area contributed by atoms with Crippen LogP contribution in [0, 0.1) is 34.3 Å². The molecule has 4 nitrogen and oxygen atoms in total. The molecule has 0 saturated carbocycles. The Labute approximate surface area is 84.1 Å². The van der Waals surface area contributed by atoms with Crippen LogP contribution in [0.2, 0.25) is 0 Å². The summed E-state index contributed by atoms with van der Waals surface area (Å²) in [6.07, 6.45) is 0. The molecule has 0 aromatic heterocycles. The van der Waals surface area contributed by atoms with Gasteiger partial charge in [0.2, 0.25) is 6.04 Å². The molecule has 0 aliphatic rings. The first-order chi connectivity index (χ1) is 7.19. The van der Waals surface area contributed by atoms with Gasteiger partial charge in [-0.1, -0.05) is 6.07 Å². The molecule has 0 aliphatic carbocycles. The van der Waals surface area contributed by atoms with Crippen molar-refractivity contribution in [3.63, 3.8) is 0 Å². The molecule has 1 rings (SSSR count). The molecular weight excluding hydrogens is 202 g/mol. The van der Waals surface area contributed by atoms with Gasteiger partial charge in [-0.2, -0.15) is 15.6 Å². The quantitative estimate of drug-likeness (QED) is 0.697. The minimum absolute atomic E-state index is 0.604. The van der Waals surface area contributed by atoms with Crippen LogP contribution in [0.1, 0.15) is 0 Å². The summed E-state index contributed by atoms with van der Waals surface area (Å²) in [6.45, 7) is 0. The summed E-state index contributed by atoms with van der Waals surface area (Å²) in [6, 6.07) is 4.82. The zero-order valence-electron chi connectivity index (χ0n) is 7.35. The second kappa shape index (κ2) is 4.77. The van der Waals surface area contributed by atoms with Gasteiger partial charge in [0.25, 0.3) is 0 Å². The zero-order valence-corrected chi connectivity index (χ0v) is 7.35. The first kappa shape index (κ1) is 10.7. The zero-order chi connectivity index (χ0) is 11.3. The van der Waals surface area contributed by atoms with Gasteiger partial charge in [-0.05, 0) is 12.1 Å². The molecule has 0 unspecified atom stereocenters. The van der Waals surface area contributed by atoms with Crippen LogP contribution in [-0.4, -0.2) is 6.04 Å². The van der Waals surface area contributed by atoms with Crippen molar-refractivity contribution in [1.82, 2.24) is 0 Å². The number of nitriles is 2. The monoisotopic (exact) mass is 206 g/mol. The number of hydrogen-bond donors (Lipinski definition) is 0. The Bertz CT molecular complexity index is 436. The summed E-state index contributed by atoms with van der Waals surface area (Å²) in [5.74, 6) is -1.79. The third-order valence-electron chi connectivity index (χ3n) is 1.46. The molecule has 0 N–H and O–H groups in total. The average Bonchev–Trinajstić information content (AvgIpc) is 2.23. The highest BCUT2D eigenvalue weighted by atomic mass is 19.1. The van der Waals surface area contributed by atoms with Crippen molar-refractivity contribution in [2.75, 3.05) is 0 Å². The lowest BCUT2D eigenvalue weighted by molar-refractivity contribution is 0.583. The van der Waals surface area contributed by atoms with E-state index in [0.717, 1.165) is 12.1 Å². The maximum absolute atomic E-state index is 12.9. The Morgan fingerprint density at radius 1 is 1.13 bits per heavy atom. The van der Waals surface area contributed by atoms with Crippen LogP contribution >= 0.6 is 0 Å². The molecule has 1 aromatic carbocycles. The highest BCUT2D eigenvalue weighted by Gasteiger charge is 2.08. The summed E-state index contributed by atoms with van der Waals surface area (Å²) in [4.78, 5) is 0. The van der Waals surface area contributed by atoms with E-state index in [-0.39, 0.29) is 0 Å². The predicted octanol–water partition coefficient (Wildman–Crippen LogP) is 2.46. The molecule has 0 saturated heterocycles. The summed E-state index contributed by atoms with van der Waals surface area (Å²) < 4.78 is 25.9. The molecule has 15 heavy (non-hydrogen) atoms. The highest BCUT2D eigenvalue weighted by molar-refractivity contribution is 5.39. The van der Waals surface area contributed by atoms with Gasteiger partial charge in [0.05, 0.1) is 0 Å². The van der Waals surface area contributed by atoms with E-state index in [4.69, 9.17) is 10.5 Å². The van der Waals surface area contributed by atoms with Crippen molar-refractivity contribution in [3.05, 3.63) is 29.8 Å². The lowest BCUT2D eigenvalue weighted by atomic mass is 10.3. The number of halogens is 2. The first-order valence-corrected chi connectivity index (χ1v) is 3.83. The molecule has 0 spiro atoms. The van der Waals surface area contributed by atoms with Gasteiger partial charge in [-0.3, -0.25) is 0 Å². The number of hydrogen-bond acceptors (Lipinski definition) is 4. The average molecular weight is 206 g/mol. The van der Waals surface area contributed by atoms with Crippen molar-refractivity contribution in [3.8, 4) is 12.1 Å². The topological polar surface area (TPSA) is 72.3 Å². The van der Waals surface area contributed by atoms with E-state index < -0.39 is 23.4 Å². The molecule has 74 valence electrons. The smallest absolute Gasteiger partial charge is 0.204 e. The number of nitrogens with zero attached hydrogens (tertiary/aromatic N) is 4. The van der Waals surface area contributed by atoms with E-state index in [9.17, 15) is 8.78 Å². The van der Waals surface area contributed by atoms with Crippen LogP contribution in [-0.2, 0) is 0 Å². The fourth-order valence-corrected chi connectivity index (χ4v) is 0.781. The van der Waals surface area contributed by atoms with Gasteiger partial charge in [-0.15, -0.1) is 5.11 Å². The standard InChI is InChI=1S/C9H4F2N4/c10-7-2-1-3-8(11)9(7)15-14-6(4-12)5-13/h1-3,6H. The number of azo groups is 1. The van der Waals surface area contributed by atoms with Crippen LogP contribution in [0.25, 0.3) is 0 Å². The lowest BCUT2D eigenvalue weighted by Gasteiger charge is -1.96. The summed E-state index contributed by atoms with van der Waals surface area (Å²) in [7, 11) is 0. The Hall–Kier alpha value is -2.34. The van der Waals surface area contributed by atoms with Gasteiger partial charge >= 0.3 is 0 Å². The van der Waals surface area contributed by atoms with Gasteiger partial charge in [-0.25, -0.2) is 8.78 Å². The van der Waals surface area contributed by atoms with Gasteiger partial charge < -0.3 is 0 Å². The van der Waals surface area contributed by atoms with Crippen LogP contribution < -0.4 is 0 Å². The molecule has 0 fully saturated rings. The Morgan fingerprint density at radius 3 is 2.13 bits per heavy atom. The largest absolute Gasteiger partial charge is 0.242 e. The van der Waals surface area contributed by atoms with E-state index in [1.165, 1.54) is 18.2 Å². The third-order valence-corrected chi connectivity index (χ3v) is 1.46. The van der Waals surface area contributed by atoms with E-state index in [2.05, 4.69) is 10.2 Å². The fraction of sp³-hybridized carbons (Fsp3) is 0.111. The molecule has 0 radical (unpaired) electrons. The van der Waals surface area contributed by atoms with E-state index in [1.54, 1.807) is 0 Å². The van der Waals surface area contributed by atoms with Crippen molar-refractivity contribution >= 4 is 5.69 Å². The highest BCUT2D eigenvalue weighted by Crippen LogP contribution is 2.21. The summed E-state index contributed by atoms with van der Waals surface area (Å²) >= 11 is 0. The normalized spacial score (nSPS) is 10.2. The Kier molecular flexibility index (Phi) is 3.42. The summed E-state index contributed by atoms with van der Waals surface area (Å²) in [5, 5.41) is 23.0. The minimum Gasteiger partial charge on any atom is -0.204 e. The Morgan fingerprint density at radius 2 is 1.67 bits per heavy atom. The molecule has 6 heteroatoms. The lowest BCUT2D eigenvalue weighted by Crippen LogP contribution is -1.93. The van der Waals surface area contributed by atoms with Gasteiger partial charge in [0, 0.05) is 0 Å². The van der Waals surface area contributed by atoms with Crippen LogP contribution in [0.4, 0.5) is 14.5 Å². The van der Waals surface area contributed by atoms with Crippen molar-refractivity contribution in [2.45, 2.75) is 6.04 Å². The first-order valence-electron chi connectivity index (χ1n) is 3.83.